The Morgan fingerprint density at radius 2 is 2.07 bits per heavy atom. The molecule has 78 valence electrons. The van der Waals surface area contributed by atoms with E-state index in [4.69, 9.17) is 17.3 Å². The van der Waals surface area contributed by atoms with Gasteiger partial charge in [-0.05, 0) is 18.2 Å². The normalized spacial score (nSPS) is 15.1. The number of hydrogen-bond acceptors (Lipinski definition) is 3. The molecule has 0 saturated carbocycles. The lowest BCUT2D eigenvalue weighted by atomic mass is 10.0. The summed E-state index contributed by atoms with van der Waals surface area (Å²) in [7, 11) is 0. The summed E-state index contributed by atoms with van der Waals surface area (Å²) in [5.74, 6) is -0.786. The summed E-state index contributed by atoms with van der Waals surface area (Å²) in [4.78, 5) is 0. The highest BCUT2D eigenvalue weighted by Crippen LogP contribution is 2.23. The molecule has 0 heterocycles. The number of hydrogen-bond donors (Lipinski definition) is 3. The van der Waals surface area contributed by atoms with Crippen LogP contribution < -0.4 is 5.73 Å². The number of benzene rings is 1. The fourth-order valence-electron chi connectivity index (χ4n) is 1.08. The van der Waals surface area contributed by atoms with Gasteiger partial charge in [0.2, 0.25) is 0 Å². The van der Waals surface area contributed by atoms with Crippen molar-refractivity contribution in [3.05, 3.63) is 29.6 Å². The number of nitrogens with two attached hydrogens (primary N) is 1. The second-order valence-corrected chi connectivity index (χ2v) is 3.26. The van der Waals surface area contributed by atoms with Crippen LogP contribution in [0.5, 0.6) is 0 Å². The van der Waals surface area contributed by atoms with Crippen molar-refractivity contribution in [2.24, 2.45) is 0 Å². The quantitative estimate of drug-likeness (QED) is 0.526. The monoisotopic (exact) mass is 219 g/mol. The van der Waals surface area contributed by atoms with E-state index in [-0.39, 0.29) is 11.4 Å². The molecule has 14 heavy (non-hydrogen) atoms. The van der Waals surface area contributed by atoms with Crippen molar-refractivity contribution in [2.45, 2.75) is 12.2 Å². The first kappa shape index (κ1) is 11.2. The fraction of sp³-hybridized carbons (Fsp3) is 0.333. The molecule has 0 aliphatic heterocycles. The average Bonchev–Trinajstić information content (AvgIpc) is 2.19. The third-order valence-electron chi connectivity index (χ3n) is 1.86. The number of rotatable bonds is 3. The van der Waals surface area contributed by atoms with Crippen LogP contribution in [0.1, 0.15) is 11.7 Å². The molecule has 1 aromatic rings. The van der Waals surface area contributed by atoms with E-state index < -0.39 is 18.0 Å². The van der Waals surface area contributed by atoms with Gasteiger partial charge in [0.25, 0.3) is 0 Å². The smallest absolute Gasteiger partial charge is 0.129 e. The van der Waals surface area contributed by atoms with Gasteiger partial charge >= 0.3 is 0 Å². The van der Waals surface area contributed by atoms with Crippen molar-refractivity contribution in [2.75, 3.05) is 11.6 Å². The number of nitrogen functional groups attached to an aromatic ring is 1. The summed E-state index contributed by atoms with van der Waals surface area (Å²) in [6, 6.07) is 3.78. The van der Waals surface area contributed by atoms with Gasteiger partial charge in [0, 0.05) is 11.3 Å². The summed E-state index contributed by atoms with van der Waals surface area (Å²) in [5.41, 5.74) is 5.69. The molecule has 4 N–H and O–H groups in total. The number of halogens is 2. The Labute approximate surface area is 85.9 Å². The van der Waals surface area contributed by atoms with Crippen LogP contribution in [0.25, 0.3) is 0 Å². The van der Waals surface area contributed by atoms with Crippen molar-refractivity contribution in [3.63, 3.8) is 0 Å². The lowest BCUT2D eigenvalue weighted by molar-refractivity contribution is 0.0305. The highest BCUT2D eigenvalue weighted by molar-refractivity contribution is 6.18. The Balaban J connectivity index is 2.99. The molecular formula is C9H11ClFNO2. The van der Waals surface area contributed by atoms with E-state index in [1.165, 1.54) is 12.1 Å². The van der Waals surface area contributed by atoms with Gasteiger partial charge < -0.3 is 15.9 Å². The van der Waals surface area contributed by atoms with Crippen LogP contribution in [0.2, 0.25) is 0 Å². The molecule has 1 rings (SSSR count). The van der Waals surface area contributed by atoms with Crippen molar-refractivity contribution in [1.29, 1.82) is 0 Å². The predicted octanol–water partition coefficient (Wildman–Crippen LogP) is 1.04. The number of aliphatic hydroxyl groups excluding tert-OH is 2. The SMILES string of the molecule is Nc1ccc(F)c(C(O)C(O)CCl)c1. The topological polar surface area (TPSA) is 66.5 Å². The zero-order valence-electron chi connectivity index (χ0n) is 7.32. The van der Waals surface area contributed by atoms with Crippen LogP contribution in [-0.4, -0.2) is 22.2 Å². The van der Waals surface area contributed by atoms with Crippen LogP contribution in [0.15, 0.2) is 18.2 Å². The zero-order chi connectivity index (χ0) is 10.7. The van der Waals surface area contributed by atoms with E-state index >= 15 is 0 Å². The highest BCUT2D eigenvalue weighted by atomic mass is 35.5. The summed E-state index contributed by atoms with van der Waals surface area (Å²) < 4.78 is 13.1. The van der Waals surface area contributed by atoms with Crippen molar-refractivity contribution >= 4 is 17.3 Å². The summed E-state index contributed by atoms with van der Waals surface area (Å²) in [6.45, 7) is 0. The van der Waals surface area contributed by atoms with E-state index in [1.54, 1.807) is 0 Å². The predicted molar refractivity (Wildman–Crippen MR) is 52.5 cm³/mol. The molecule has 2 atom stereocenters. The largest absolute Gasteiger partial charge is 0.399 e. The molecule has 0 aliphatic rings. The lowest BCUT2D eigenvalue weighted by Gasteiger charge is -2.16. The van der Waals surface area contributed by atoms with Crippen LogP contribution >= 0.6 is 11.6 Å². The zero-order valence-corrected chi connectivity index (χ0v) is 8.08. The van der Waals surface area contributed by atoms with Gasteiger partial charge in [0.1, 0.15) is 11.9 Å². The van der Waals surface area contributed by atoms with E-state index in [2.05, 4.69) is 0 Å². The first-order valence-corrected chi connectivity index (χ1v) is 4.56. The van der Waals surface area contributed by atoms with Crippen molar-refractivity contribution in [3.8, 4) is 0 Å². The first-order valence-electron chi connectivity index (χ1n) is 4.03. The van der Waals surface area contributed by atoms with Gasteiger partial charge in [-0.15, -0.1) is 11.6 Å². The summed E-state index contributed by atoms with van der Waals surface area (Å²) in [6.07, 6.45) is -2.55. The minimum absolute atomic E-state index is 0.0434. The van der Waals surface area contributed by atoms with E-state index in [1.807, 2.05) is 0 Å². The second-order valence-electron chi connectivity index (χ2n) is 2.95. The van der Waals surface area contributed by atoms with E-state index in [9.17, 15) is 14.6 Å². The van der Waals surface area contributed by atoms with E-state index in [0.717, 1.165) is 6.07 Å². The second kappa shape index (κ2) is 4.59. The first-order chi connectivity index (χ1) is 6.56. The molecule has 0 aliphatic carbocycles. The summed E-state index contributed by atoms with van der Waals surface area (Å²) >= 11 is 5.33. The number of alkyl halides is 1. The van der Waals surface area contributed by atoms with Gasteiger partial charge in [-0.2, -0.15) is 0 Å². The minimum Gasteiger partial charge on any atom is -0.399 e. The Kier molecular flexibility index (Phi) is 3.69. The fourth-order valence-corrected chi connectivity index (χ4v) is 1.25. The number of aliphatic hydroxyl groups is 2. The van der Waals surface area contributed by atoms with Crippen LogP contribution in [0.4, 0.5) is 10.1 Å². The highest BCUT2D eigenvalue weighted by Gasteiger charge is 2.20. The standard InChI is InChI=1S/C9H11ClFNO2/c10-4-8(13)9(14)6-3-5(12)1-2-7(6)11/h1-3,8-9,13-14H,4,12H2. The Morgan fingerprint density at radius 1 is 1.43 bits per heavy atom. The molecule has 2 unspecified atom stereocenters. The maximum atomic E-state index is 13.1. The van der Waals surface area contributed by atoms with Gasteiger partial charge in [-0.1, -0.05) is 0 Å². The van der Waals surface area contributed by atoms with Crippen LogP contribution in [-0.2, 0) is 0 Å². The lowest BCUT2D eigenvalue weighted by Crippen LogP contribution is -2.20. The molecule has 0 saturated heterocycles. The third kappa shape index (κ3) is 2.35. The van der Waals surface area contributed by atoms with E-state index in [0.29, 0.717) is 5.69 Å². The Morgan fingerprint density at radius 3 is 2.64 bits per heavy atom. The molecule has 0 bridgehead atoms. The molecule has 0 fully saturated rings. The molecule has 0 spiro atoms. The van der Waals surface area contributed by atoms with Gasteiger partial charge in [0.15, 0.2) is 0 Å². The average molecular weight is 220 g/mol. The van der Waals surface area contributed by atoms with Gasteiger partial charge in [-0.3, -0.25) is 0 Å². The Bertz CT molecular complexity index is 322. The molecular weight excluding hydrogens is 209 g/mol. The molecule has 0 aromatic heterocycles. The summed E-state index contributed by atoms with van der Waals surface area (Å²) in [5, 5.41) is 18.7. The maximum Gasteiger partial charge on any atom is 0.129 e. The molecule has 0 amide bonds. The van der Waals surface area contributed by atoms with Gasteiger partial charge in [0.05, 0.1) is 12.0 Å². The molecule has 0 radical (unpaired) electrons. The Hall–Kier alpha value is -0.840. The molecule has 3 nitrogen and oxygen atoms in total. The molecule has 5 heteroatoms. The van der Waals surface area contributed by atoms with Crippen LogP contribution in [0, 0.1) is 5.82 Å². The van der Waals surface area contributed by atoms with Crippen molar-refractivity contribution < 1.29 is 14.6 Å². The minimum atomic E-state index is -1.35. The maximum absolute atomic E-state index is 13.1. The van der Waals surface area contributed by atoms with Gasteiger partial charge in [-0.25, -0.2) is 4.39 Å². The number of anilines is 1. The van der Waals surface area contributed by atoms with Crippen LogP contribution in [0.3, 0.4) is 0 Å². The van der Waals surface area contributed by atoms with Crippen molar-refractivity contribution in [1.82, 2.24) is 0 Å². The third-order valence-corrected chi connectivity index (χ3v) is 2.18. The molecule has 1 aromatic carbocycles.